The Kier molecular flexibility index (Phi) is 3.58. The van der Waals surface area contributed by atoms with Crippen LogP contribution >= 0.6 is 11.3 Å². The van der Waals surface area contributed by atoms with E-state index in [-0.39, 0.29) is 22.5 Å². The van der Waals surface area contributed by atoms with Crippen molar-refractivity contribution in [1.82, 2.24) is 9.97 Å². The van der Waals surface area contributed by atoms with Gasteiger partial charge in [-0.05, 0) is 23.0 Å². The fourth-order valence-corrected chi connectivity index (χ4v) is 1.91. The van der Waals surface area contributed by atoms with Gasteiger partial charge in [0.15, 0.2) is 5.13 Å². The Labute approximate surface area is 106 Å². The van der Waals surface area contributed by atoms with Gasteiger partial charge in [-0.1, -0.05) is 6.07 Å². The molecular formula is C10H8N4O3S. The number of nitrogens with one attached hydrogen (secondary N) is 1. The maximum atomic E-state index is 11.6. The van der Waals surface area contributed by atoms with Crippen molar-refractivity contribution in [2.24, 2.45) is 0 Å². The van der Waals surface area contributed by atoms with Crippen LogP contribution in [0.3, 0.4) is 0 Å². The highest BCUT2D eigenvalue weighted by molar-refractivity contribution is 7.18. The summed E-state index contributed by atoms with van der Waals surface area (Å²) in [5.74, 6) is -0.285. The van der Waals surface area contributed by atoms with Crippen LogP contribution in [0.25, 0.3) is 0 Å². The van der Waals surface area contributed by atoms with E-state index in [1.54, 1.807) is 24.5 Å². The van der Waals surface area contributed by atoms with E-state index < -0.39 is 4.92 Å². The molecule has 0 saturated carbocycles. The van der Waals surface area contributed by atoms with Crippen LogP contribution in [0.5, 0.6) is 0 Å². The van der Waals surface area contributed by atoms with E-state index in [0.29, 0.717) is 0 Å². The van der Waals surface area contributed by atoms with Crippen LogP contribution in [0.15, 0.2) is 30.7 Å². The van der Waals surface area contributed by atoms with Gasteiger partial charge in [0.05, 0.1) is 11.3 Å². The summed E-state index contributed by atoms with van der Waals surface area (Å²) in [6.07, 6.45) is 4.47. The standard InChI is InChI=1S/C10H8N4O3S/c15-8(4-7-2-1-3-11-5-7)13-10-12-6-9(18-10)14(16)17/h1-3,5-6H,4H2,(H,12,13,15). The Bertz CT molecular complexity index is 570. The number of pyridine rings is 1. The Balaban J connectivity index is 1.97. The van der Waals surface area contributed by atoms with Crippen molar-refractivity contribution in [3.63, 3.8) is 0 Å². The van der Waals surface area contributed by atoms with Crippen LogP contribution in [-0.2, 0) is 11.2 Å². The molecule has 2 aromatic rings. The second-order valence-corrected chi connectivity index (χ2v) is 4.36. The molecule has 0 aliphatic rings. The number of rotatable bonds is 4. The number of nitro groups is 1. The number of hydrogen-bond acceptors (Lipinski definition) is 6. The van der Waals surface area contributed by atoms with Crippen molar-refractivity contribution in [2.45, 2.75) is 6.42 Å². The van der Waals surface area contributed by atoms with Crippen molar-refractivity contribution < 1.29 is 9.72 Å². The Morgan fingerprint density at radius 3 is 2.94 bits per heavy atom. The summed E-state index contributed by atoms with van der Waals surface area (Å²) in [6, 6.07) is 3.51. The van der Waals surface area contributed by atoms with Crippen LogP contribution in [0.1, 0.15) is 5.56 Å². The third-order valence-corrected chi connectivity index (χ3v) is 2.87. The lowest BCUT2D eigenvalue weighted by atomic mass is 10.2. The Hall–Kier alpha value is -2.35. The third kappa shape index (κ3) is 3.08. The monoisotopic (exact) mass is 264 g/mol. The molecule has 7 nitrogen and oxygen atoms in total. The molecule has 0 unspecified atom stereocenters. The first-order chi connectivity index (χ1) is 8.65. The largest absolute Gasteiger partial charge is 0.345 e. The number of amides is 1. The van der Waals surface area contributed by atoms with Crippen LogP contribution in [0, 0.1) is 10.1 Å². The van der Waals surface area contributed by atoms with Gasteiger partial charge in [-0.2, -0.15) is 0 Å². The van der Waals surface area contributed by atoms with Crippen molar-refractivity contribution in [3.05, 3.63) is 46.4 Å². The quantitative estimate of drug-likeness (QED) is 0.668. The van der Waals surface area contributed by atoms with Gasteiger partial charge in [0.1, 0.15) is 6.20 Å². The van der Waals surface area contributed by atoms with Gasteiger partial charge in [-0.15, -0.1) is 0 Å². The highest BCUT2D eigenvalue weighted by Gasteiger charge is 2.13. The number of thiazole rings is 1. The summed E-state index contributed by atoms with van der Waals surface area (Å²) in [5, 5.41) is 13.1. The minimum atomic E-state index is -0.547. The lowest BCUT2D eigenvalue weighted by molar-refractivity contribution is -0.380. The van der Waals surface area contributed by atoms with Crippen LogP contribution in [0.2, 0.25) is 0 Å². The lowest BCUT2D eigenvalue weighted by Crippen LogP contribution is -2.14. The summed E-state index contributed by atoms with van der Waals surface area (Å²) >= 11 is 0.822. The first-order valence-electron chi connectivity index (χ1n) is 4.94. The molecule has 0 atom stereocenters. The summed E-state index contributed by atoms with van der Waals surface area (Å²) in [4.78, 5) is 29.2. The Morgan fingerprint density at radius 1 is 1.50 bits per heavy atom. The van der Waals surface area contributed by atoms with Crippen LogP contribution in [0.4, 0.5) is 10.1 Å². The smallest absolute Gasteiger partial charge is 0.301 e. The van der Waals surface area contributed by atoms with E-state index in [1.807, 2.05) is 0 Å². The predicted molar refractivity (Wildman–Crippen MR) is 65.3 cm³/mol. The van der Waals surface area contributed by atoms with Gasteiger partial charge < -0.3 is 5.32 Å². The number of carbonyl (C=O) groups is 1. The molecule has 2 heterocycles. The molecule has 0 aromatic carbocycles. The van der Waals surface area contributed by atoms with Crippen molar-refractivity contribution >= 4 is 27.4 Å². The molecule has 18 heavy (non-hydrogen) atoms. The normalized spacial score (nSPS) is 10.0. The minimum absolute atomic E-state index is 0.105. The van der Waals surface area contributed by atoms with E-state index in [4.69, 9.17) is 0 Å². The molecule has 0 saturated heterocycles. The summed E-state index contributed by atoms with van der Waals surface area (Å²) in [6.45, 7) is 0. The molecule has 2 aromatic heterocycles. The van der Waals surface area contributed by atoms with Crippen molar-refractivity contribution in [2.75, 3.05) is 5.32 Å². The number of carbonyl (C=O) groups excluding carboxylic acids is 1. The first kappa shape index (κ1) is 12.1. The van der Waals surface area contributed by atoms with Gasteiger partial charge in [0.25, 0.3) is 0 Å². The molecule has 0 bridgehead atoms. The molecular weight excluding hydrogens is 256 g/mol. The van der Waals surface area contributed by atoms with E-state index in [9.17, 15) is 14.9 Å². The van der Waals surface area contributed by atoms with Gasteiger partial charge in [-0.25, -0.2) is 4.98 Å². The molecule has 0 aliphatic carbocycles. The highest BCUT2D eigenvalue weighted by Crippen LogP contribution is 2.24. The summed E-state index contributed by atoms with van der Waals surface area (Å²) in [5.41, 5.74) is 0.765. The molecule has 0 spiro atoms. The average molecular weight is 264 g/mol. The van der Waals surface area contributed by atoms with Gasteiger partial charge in [-0.3, -0.25) is 19.9 Å². The minimum Gasteiger partial charge on any atom is -0.301 e. The number of aromatic nitrogens is 2. The van der Waals surface area contributed by atoms with E-state index >= 15 is 0 Å². The van der Waals surface area contributed by atoms with E-state index in [2.05, 4.69) is 15.3 Å². The predicted octanol–water partition coefficient (Wildman–Crippen LogP) is 1.63. The van der Waals surface area contributed by atoms with Crippen LogP contribution < -0.4 is 5.32 Å². The molecule has 1 N–H and O–H groups in total. The second-order valence-electron chi connectivity index (χ2n) is 3.35. The molecule has 0 radical (unpaired) electrons. The average Bonchev–Trinajstić information content (AvgIpc) is 2.78. The van der Waals surface area contributed by atoms with Crippen molar-refractivity contribution in [1.29, 1.82) is 0 Å². The zero-order chi connectivity index (χ0) is 13.0. The van der Waals surface area contributed by atoms with Crippen LogP contribution in [-0.4, -0.2) is 20.8 Å². The van der Waals surface area contributed by atoms with Gasteiger partial charge in [0, 0.05) is 12.4 Å². The van der Waals surface area contributed by atoms with E-state index in [0.717, 1.165) is 23.1 Å². The molecule has 1 amide bonds. The molecule has 92 valence electrons. The molecule has 0 fully saturated rings. The third-order valence-electron chi connectivity index (χ3n) is 2.01. The molecule has 0 aliphatic heterocycles. The van der Waals surface area contributed by atoms with Crippen molar-refractivity contribution in [3.8, 4) is 0 Å². The fourth-order valence-electron chi connectivity index (χ4n) is 1.26. The zero-order valence-electron chi connectivity index (χ0n) is 9.07. The topological polar surface area (TPSA) is 98.0 Å². The lowest BCUT2D eigenvalue weighted by Gasteiger charge is -2.00. The fraction of sp³-hybridized carbons (Fsp3) is 0.100. The molecule has 2 rings (SSSR count). The van der Waals surface area contributed by atoms with E-state index in [1.165, 1.54) is 0 Å². The first-order valence-corrected chi connectivity index (χ1v) is 5.76. The SMILES string of the molecule is O=C(Cc1cccnc1)Nc1ncc([N+](=O)[O-])s1. The number of anilines is 1. The molecule has 8 heteroatoms. The number of hydrogen-bond donors (Lipinski definition) is 1. The summed E-state index contributed by atoms with van der Waals surface area (Å²) < 4.78 is 0. The zero-order valence-corrected chi connectivity index (χ0v) is 9.88. The number of nitrogens with zero attached hydrogens (tertiary/aromatic N) is 3. The Morgan fingerprint density at radius 2 is 2.33 bits per heavy atom. The summed E-state index contributed by atoms with van der Waals surface area (Å²) in [7, 11) is 0. The van der Waals surface area contributed by atoms with Gasteiger partial charge >= 0.3 is 5.00 Å². The maximum Gasteiger partial charge on any atom is 0.345 e. The van der Waals surface area contributed by atoms with Gasteiger partial charge in [0.2, 0.25) is 5.91 Å². The maximum absolute atomic E-state index is 11.6. The second kappa shape index (κ2) is 5.32. The highest BCUT2D eigenvalue weighted by atomic mass is 32.1.